The number of nitro benzene ring substituents is 1. The van der Waals surface area contributed by atoms with Crippen molar-refractivity contribution in [3.8, 4) is 17.2 Å². The quantitative estimate of drug-likeness (QED) is 0.303. The number of nitrogens with one attached hydrogen (secondary N) is 2. The Bertz CT molecular complexity index is 1050. The summed E-state index contributed by atoms with van der Waals surface area (Å²) in [6, 6.07) is 5.33. The van der Waals surface area contributed by atoms with Crippen LogP contribution in [0.1, 0.15) is 10.4 Å². The van der Waals surface area contributed by atoms with E-state index in [9.17, 15) is 28.9 Å². The first kappa shape index (κ1) is 24.8. The van der Waals surface area contributed by atoms with Gasteiger partial charge in [-0.3, -0.25) is 24.5 Å². The highest BCUT2D eigenvalue weighted by atomic mass is 19.1. The van der Waals surface area contributed by atoms with Crippen LogP contribution in [0, 0.1) is 15.9 Å². The van der Waals surface area contributed by atoms with Crippen molar-refractivity contribution in [3.05, 3.63) is 51.8 Å². The van der Waals surface area contributed by atoms with Gasteiger partial charge in [-0.15, -0.1) is 0 Å². The number of carbonyl (C=O) groups is 3. The van der Waals surface area contributed by atoms with Gasteiger partial charge in [-0.05, 0) is 24.3 Å². The zero-order valence-electron chi connectivity index (χ0n) is 17.8. The number of halogens is 1. The first-order valence-corrected chi connectivity index (χ1v) is 9.17. The fraction of sp³-hybridized carbons (Fsp3) is 0.250. The average molecular weight is 465 g/mol. The number of ether oxygens (including phenoxy) is 4. The molecule has 0 fully saturated rings. The molecule has 0 saturated heterocycles. The van der Waals surface area contributed by atoms with Crippen LogP contribution >= 0.6 is 0 Å². The number of esters is 1. The molecule has 33 heavy (non-hydrogen) atoms. The molecule has 0 bridgehead atoms. The highest BCUT2D eigenvalue weighted by Crippen LogP contribution is 2.38. The Morgan fingerprint density at radius 2 is 1.67 bits per heavy atom. The molecule has 0 saturated carbocycles. The van der Waals surface area contributed by atoms with Crippen LogP contribution in [0.15, 0.2) is 30.3 Å². The van der Waals surface area contributed by atoms with E-state index in [1.165, 1.54) is 33.5 Å². The molecular weight excluding hydrogens is 445 g/mol. The number of rotatable bonds is 10. The number of amides is 2. The number of methoxy groups -OCH3 is 3. The number of carbonyl (C=O) groups excluding carboxylic acids is 3. The van der Waals surface area contributed by atoms with Crippen molar-refractivity contribution >= 4 is 29.2 Å². The maximum absolute atomic E-state index is 13.2. The Kier molecular flexibility index (Phi) is 8.49. The number of nitro groups is 1. The van der Waals surface area contributed by atoms with Gasteiger partial charge in [-0.25, -0.2) is 4.39 Å². The Balaban J connectivity index is 1.91. The first-order chi connectivity index (χ1) is 15.7. The second kappa shape index (κ2) is 11.3. The number of hydrogen-bond donors (Lipinski definition) is 2. The van der Waals surface area contributed by atoms with Gasteiger partial charge >= 0.3 is 5.97 Å². The summed E-state index contributed by atoms with van der Waals surface area (Å²) in [5.41, 5.74) is -0.816. The van der Waals surface area contributed by atoms with Crippen molar-refractivity contribution in [2.24, 2.45) is 0 Å². The fourth-order valence-corrected chi connectivity index (χ4v) is 2.61. The van der Waals surface area contributed by atoms with Gasteiger partial charge in [0.15, 0.2) is 18.1 Å². The largest absolute Gasteiger partial charge is 0.493 e. The molecule has 176 valence electrons. The maximum Gasteiger partial charge on any atom is 0.325 e. The van der Waals surface area contributed by atoms with Crippen LogP contribution in [0.5, 0.6) is 17.2 Å². The summed E-state index contributed by atoms with van der Waals surface area (Å²) in [7, 11) is 4.16. The Morgan fingerprint density at radius 1 is 1.03 bits per heavy atom. The minimum absolute atomic E-state index is 0.110. The Labute approximate surface area is 186 Å². The van der Waals surface area contributed by atoms with Gasteiger partial charge in [0, 0.05) is 5.56 Å². The van der Waals surface area contributed by atoms with Crippen LogP contribution in [-0.2, 0) is 14.3 Å². The molecule has 2 rings (SSSR count). The summed E-state index contributed by atoms with van der Waals surface area (Å²) in [5.74, 6) is -2.60. The van der Waals surface area contributed by atoms with E-state index in [0.29, 0.717) is 6.07 Å². The predicted octanol–water partition coefficient (Wildman–Crippen LogP) is 1.67. The number of benzene rings is 2. The van der Waals surface area contributed by atoms with Crippen molar-refractivity contribution < 1.29 is 42.6 Å². The topological polar surface area (TPSA) is 155 Å². The molecule has 0 spiro atoms. The molecule has 0 aliphatic heterocycles. The minimum Gasteiger partial charge on any atom is -0.493 e. The van der Waals surface area contributed by atoms with Crippen molar-refractivity contribution in [3.63, 3.8) is 0 Å². The summed E-state index contributed by atoms with van der Waals surface area (Å²) in [4.78, 5) is 46.2. The smallest absolute Gasteiger partial charge is 0.325 e. The van der Waals surface area contributed by atoms with E-state index in [1.54, 1.807) is 0 Å². The molecule has 0 heterocycles. The molecular formula is C20H20FN3O9. The second-order valence-corrected chi connectivity index (χ2v) is 6.22. The standard InChI is InChI=1S/C20H20FN3O9/c1-30-15-6-11(7-16(31-2)19(15)32-3)20(27)22-9-18(26)33-10-17(25)23-13-5-4-12(21)8-14(13)24(28)29/h4-8H,9-10H2,1-3H3,(H,22,27)(H,23,25). The lowest BCUT2D eigenvalue weighted by Crippen LogP contribution is -2.32. The highest BCUT2D eigenvalue weighted by molar-refractivity contribution is 5.98. The van der Waals surface area contributed by atoms with Crippen LogP contribution in [0.25, 0.3) is 0 Å². The van der Waals surface area contributed by atoms with Gasteiger partial charge in [0.05, 0.1) is 32.3 Å². The molecule has 0 atom stereocenters. The summed E-state index contributed by atoms with van der Waals surface area (Å²) in [6.45, 7) is -1.35. The normalized spacial score (nSPS) is 10.1. The third kappa shape index (κ3) is 6.53. The Morgan fingerprint density at radius 3 is 2.21 bits per heavy atom. The van der Waals surface area contributed by atoms with Crippen molar-refractivity contribution in [2.75, 3.05) is 39.8 Å². The van der Waals surface area contributed by atoms with E-state index in [2.05, 4.69) is 10.6 Å². The lowest BCUT2D eigenvalue weighted by atomic mass is 10.1. The highest BCUT2D eigenvalue weighted by Gasteiger charge is 2.19. The predicted molar refractivity (Wildman–Crippen MR) is 111 cm³/mol. The summed E-state index contributed by atoms with van der Waals surface area (Å²) in [5, 5.41) is 15.4. The minimum atomic E-state index is -0.945. The zero-order valence-corrected chi connectivity index (χ0v) is 17.8. The number of anilines is 1. The van der Waals surface area contributed by atoms with Gasteiger partial charge in [0.1, 0.15) is 18.0 Å². The van der Waals surface area contributed by atoms with E-state index in [4.69, 9.17) is 18.9 Å². The van der Waals surface area contributed by atoms with Gasteiger partial charge in [0.25, 0.3) is 17.5 Å². The second-order valence-electron chi connectivity index (χ2n) is 6.22. The fourth-order valence-electron chi connectivity index (χ4n) is 2.61. The van der Waals surface area contributed by atoms with Gasteiger partial charge in [0.2, 0.25) is 5.75 Å². The molecule has 12 nitrogen and oxygen atoms in total. The SMILES string of the molecule is COc1cc(C(=O)NCC(=O)OCC(=O)Nc2ccc(F)cc2[N+](=O)[O-])cc(OC)c1OC. The Hall–Kier alpha value is -4.42. The molecule has 0 aliphatic carbocycles. The number of hydrogen-bond acceptors (Lipinski definition) is 9. The van der Waals surface area contributed by atoms with Crippen LogP contribution in [0.2, 0.25) is 0 Å². The number of nitrogens with zero attached hydrogens (tertiary/aromatic N) is 1. The van der Waals surface area contributed by atoms with E-state index in [1.807, 2.05) is 0 Å². The van der Waals surface area contributed by atoms with Crippen LogP contribution in [0.4, 0.5) is 15.8 Å². The molecule has 13 heteroatoms. The van der Waals surface area contributed by atoms with Crippen LogP contribution in [0.3, 0.4) is 0 Å². The summed E-state index contributed by atoms with van der Waals surface area (Å²) in [6.07, 6.45) is 0. The molecule has 0 radical (unpaired) electrons. The summed E-state index contributed by atoms with van der Waals surface area (Å²) >= 11 is 0. The van der Waals surface area contributed by atoms with Gasteiger partial charge in [-0.1, -0.05) is 0 Å². The third-order valence-corrected chi connectivity index (χ3v) is 4.12. The molecule has 0 aliphatic rings. The van der Waals surface area contributed by atoms with Crippen molar-refractivity contribution in [1.82, 2.24) is 5.32 Å². The van der Waals surface area contributed by atoms with E-state index in [0.717, 1.165) is 12.1 Å². The van der Waals surface area contributed by atoms with E-state index < -0.39 is 47.4 Å². The van der Waals surface area contributed by atoms with E-state index >= 15 is 0 Å². The molecule has 2 N–H and O–H groups in total. The average Bonchev–Trinajstić information content (AvgIpc) is 2.80. The third-order valence-electron chi connectivity index (χ3n) is 4.12. The zero-order chi connectivity index (χ0) is 24.5. The van der Waals surface area contributed by atoms with Crippen LogP contribution in [-0.4, -0.2) is 57.2 Å². The van der Waals surface area contributed by atoms with Gasteiger partial charge < -0.3 is 29.6 Å². The van der Waals surface area contributed by atoms with Crippen LogP contribution < -0.4 is 24.8 Å². The summed E-state index contributed by atoms with van der Waals surface area (Å²) < 4.78 is 33.4. The monoisotopic (exact) mass is 465 g/mol. The molecule has 2 aromatic carbocycles. The molecule has 0 aromatic heterocycles. The molecule has 0 unspecified atom stereocenters. The maximum atomic E-state index is 13.2. The molecule has 2 amide bonds. The first-order valence-electron chi connectivity index (χ1n) is 9.17. The molecule has 2 aromatic rings. The van der Waals surface area contributed by atoms with E-state index in [-0.39, 0.29) is 28.5 Å². The lowest BCUT2D eigenvalue weighted by Gasteiger charge is -2.14. The van der Waals surface area contributed by atoms with Crippen molar-refractivity contribution in [1.29, 1.82) is 0 Å². The van der Waals surface area contributed by atoms with Crippen molar-refractivity contribution in [2.45, 2.75) is 0 Å². The lowest BCUT2D eigenvalue weighted by molar-refractivity contribution is -0.384. The van der Waals surface area contributed by atoms with Gasteiger partial charge in [-0.2, -0.15) is 0 Å².